The molecule has 0 radical (unpaired) electrons. The van der Waals surface area contributed by atoms with Gasteiger partial charge in [0.05, 0.1) is 18.7 Å². The third kappa shape index (κ3) is 4.81. The molecule has 6 nitrogen and oxygen atoms in total. The van der Waals surface area contributed by atoms with Gasteiger partial charge in [0.2, 0.25) is 5.91 Å². The summed E-state index contributed by atoms with van der Waals surface area (Å²) in [6.07, 6.45) is 7.10. The molecule has 0 spiro atoms. The first-order chi connectivity index (χ1) is 13.9. The zero-order valence-electron chi connectivity index (χ0n) is 17.6. The van der Waals surface area contributed by atoms with Crippen LogP contribution in [0, 0.1) is 0 Å². The number of urea groups is 1. The highest BCUT2D eigenvalue weighted by atomic mass is 16.3. The number of aliphatic hydroxyl groups is 1. The summed E-state index contributed by atoms with van der Waals surface area (Å²) in [5.41, 5.74) is 3.75. The minimum Gasteiger partial charge on any atom is -0.394 e. The predicted molar refractivity (Wildman–Crippen MR) is 114 cm³/mol. The van der Waals surface area contributed by atoms with Gasteiger partial charge in [0.15, 0.2) is 0 Å². The van der Waals surface area contributed by atoms with Gasteiger partial charge in [0, 0.05) is 25.4 Å². The largest absolute Gasteiger partial charge is 0.394 e. The number of hydrogen-bond donors (Lipinski definition) is 3. The van der Waals surface area contributed by atoms with Gasteiger partial charge in [-0.3, -0.25) is 4.79 Å². The smallest absolute Gasteiger partial charge is 0.318 e. The summed E-state index contributed by atoms with van der Waals surface area (Å²) in [6, 6.07) is 7.83. The highest BCUT2D eigenvalue weighted by molar-refractivity contribution is 5.78. The molecule has 158 valence electrons. The fourth-order valence-corrected chi connectivity index (χ4v) is 4.51. The zero-order valence-corrected chi connectivity index (χ0v) is 17.6. The van der Waals surface area contributed by atoms with Crippen LogP contribution in [0.5, 0.6) is 0 Å². The molecular weight excluding hydrogens is 366 g/mol. The third-order valence-electron chi connectivity index (χ3n) is 5.89. The van der Waals surface area contributed by atoms with E-state index in [1.807, 2.05) is 13.8 Å². The second kappa shape index (κ2) is 9.44. The van der Waals surface area contributed by atoms with Crippen LogP contribution in [-0.4, -0.2) is 53.2 Å². The normalized spacial score (nSPS) is 24.0. The van der Waals surface area contributed by atoms with Crippen LogP contribution in [-0.2, 0) is 4.79 Å². The molecule has 3 amide bonds. The Bertz CT molecular complexity index is 757. The maximum absolute atomic E-state index is 12.7. The second-order valence-electron chi connectivity index (χ2n) is 8.39. The first-order valence-corrected chi connectivity index (χ1v) is 10.7. The van der Waals surface area contributed by atoms with Gasteiger partial charge in [-0.05, 0) is 56.2 Å². The van der Waals surface area contributed by atoms with Crippen molar-refractivity contribution in [1.29, 1.82) is 0 Å². The van der Waals surface area contributed by atoms with Crippen LogP contribution in [0.1, 0.15) is 63.5 Å². The summed E-state index contributed by atoms with van der Waals surface area (Å²) in [6.45, 7) is 5.55. The van der Waals surface area contributed by atoms with Crippen molar-refractivity contribution in [3.05, 3.63) is 41.5 Å². The molecule has 0 unspecified atom stereocenters. The number of likely N-dealkylation sites (tertiary alicyclic amines) is 1. The first-order valence-electron chi connectivity index (χ1n) is 10.7. The Hall–Kier alpha value is -2.34. The molecule has 2 aliphatic rings. The van der Waals surface area contributed by atoms with Gasteiger partial charge in [-0.1, -0.05) is 30.3 Å². The fourth-order valence-electron chi connectivity index (χ4n) is 4.51. The van der Waals surface area contributed by atoms with E-state index in [1.165, 1.54) is 30.9 Å². The second-order valence-corrected chi connectivity index (χ2v) is 8.39. The molecular formula is C23H33N3O3. The Morgan fingerprint density at radius 2 is 1.90 bits per heavy atom. The highest BCUT2D eigenvalue weighted by Gasteiger charge is 2.51. The number of allylic oxidation sites excluding steroid dienone is 2. The van der Waals surface area contributed by atoms with Crippen molar-refractivity contribution >= 4 is 17.5 Å². The van der Waals surface area contributed by atoms with Crippen molar-refractivity contribution in [1.82, 2.24) is 15.5 Å². The molecule has 1 aromatic carbocycles. The molecule has 29 heavy (non-hydrogen) atoms. The lowest BCUT2D eigenvalue weighted by molar-refractivity contribution is -0.119. The lowest BCUT2D eigenvalue weighted by atomic mass is 9.75. The molecule has 1 aliphatic heterocycles. The van der Waals surface area contributed by atoms with Gasteiger partial charge in [-0.15, -0.1) is 0 Å². The monoisotopic (exact) mass is 399 g/mol. The molecule has 6 heteroatoms. The number of rotatable bonds is 6. The van der Waals surface area contributed by atoms with Gasteiger partial charge in [0.1, 0.15) is 0 Å². The number of aliphatic hydroxyl groups excluding tert-OH is 1. The summed E-state index contributed by atoms with van der Waals surface area (Å²) in [5, 5.41) is 15.8. The number of carbonyl (C=O) groups excluding carboxylic acids is 2. The van der Waals surface area contributed by atoms with Crippen molar-refractivity contribution in [3.8, 4) is 0 Å². The molecule has 1 heterocycles. The molecule has 0 bridgehead atoms. The van der Waals surface area contributed by atoms with Crippen LogP contribution in [0.2, 0.25) is 0 Å². The van der Waals surface area contributed by atoms with Gasteiger partial charge in [-0.2, -0.15) is 0 Å². The van der Waals surface area contributed by atoms with Crippen LogP contribution in [0.3, 0.4) is 0 Å². The van der Waals surface area contributed by atoms with Crippen molar-refractivity contribution in [2.45, 2.75) is 70.5 Å². The van der Waals surface area contributed by atoms with Crippen LogP contribution in [0.25, 0.3) is 5.57 Å². The van der Waals surface area contributed by atoms with E-state index >= 15 is 0 Å². The molecule has 0 aromatic heterocycles. The molecule has 1 fully saturated rings. The van der Waals surface area contributed by atoms with E-state index in [9.17, 15) is 14.7 Å². The standard InChI is InChI=1S/C23H33N3O3/c1-15(2)25-23(29)26-20(13-24-16(3)28)22(21(26)14-27)19-11-9-18(10-12-19)17-7-5-4-6-8-17/h7,9-12,15,20-22,27H,4-6,8,13-14H2,1-3H3,(H,24,28)(H,25,29)/t20-,21+,22+/m1/s1. The van der Waals surface area contributed by atoms with E-state index in [-0.39, 0.29) is 42.6 Å². The molecule has 1 saturated heterocycles. The average Bonchev–Trinajstić information content (AvgIpc) is 2.68. The molecule has 3 N–H and O–H groups in total. The van der Waals surface area contributed by atoms with Crippen molar-refractivity contribution in [3.63, 3.8) is 0 Å². The fraction of sp³-hybridized carbons (Fsp3) is 0.565. The van der Waals surface area contributed by atoms with E-state index in [4.69, 9.17) is 0 Å². The zero-order chi connectivity index (χ0) is 21.0. The summed E-state index contributed by atoms with van der Waals surface area (Å²) in [7, 11) is 0. The Morgan fingerprint density at radius 3 is 2.45 bits per heavy atom. The molecule has 3 atom stereocenters. The van der Waals surface area contributed by atoms with Crippen LogP contribution in [0.15, 0.2) is 30.3 Å². The minimum absolute atomic E-state index is 0.00496. The van der Waals surface area contributed by atoms with Crippen LogP contribution in [0.4, 0.5) is 4.79 Å². The first kappa shape index (κ1) is 21.4. The Kier molecular flexibility index (Phi) is 6.96. The van der Waals surface area contributed by atoms with E-state index in [0.29, 0.717) is 6.54 Å². The molecule has 0 saturated carbocycles. The third-order valence-corrected chi connectivity index (χ3v) is 5.89. The Morgan fingerprint density at radius 1 is 1.17 bits per heavy atom. The van der Waals surface area contributed by atoms with E-state index in [1.54, 1.807) is 4.90 Å². The summed E-state index contributed by atoms with van der Waals surface area (Å²) in [4.78, 5) is 25.8. The van der Waals surface area contributed by atoms with Crippen molar-refractivity contribution in [2.24, 2.45) is 0 Å². The SMILES string of the molecule is CC(=O)NC[C@@H]1[C@H](c2ccc(C3=CCCCC3)cc2)[C@H](CO)N1C(=O)NC(C)C. The minimum atomic E-state index is -0.299. The van der Waals surface area contributed by atoms with Crippen molar-refractivity contribution in [2.75, 3.05) is 13.2 Å². The van der Waals surface area contributed by atoms with E-state index in [2.05, 4.69) is 41.0 Å². The Labute approximate surface area is 173 Å². The van der Waals surface area contributed by atoms with Gasteiger partial charge < -0.3 is 20.6 Å². The highest BCUT2D eigenvalue weighted by Crippen LogP contribution is 2.41. The quantitative estimate of drug-likeness (QED) is 0.688. The molecule has 1 aliphatic carbocycles. The summed E-state index contributed by atoms with van der Waals surface area (Å²) < 4.78 is 0. The maximum Gasteiger partial charge on any atom is 0.318 e. The maximum atomic E-state index is 12.7. The summed E-state index contributed by atoms with van der Waals surface area (Å²) in [5.74, 6) is -0.140. The number of amides is 3. The van der Waals surface area contributed by atoms with Gasteiger partial charge >= 0.3 is 6.03 Å². The lowest BCUT2D eigenvalue weighted by Crippen LogP contribution is -2.70. The predicted octanol–water partition coefficient (Wildman–Crippen LogP) is 3.03. The average molecular weight is 400 g/mol. The lowest BCUT2D eigenvalue weighted by Gasteiger charge is -2.54. The number of nitrogens with one attached hydrogen (secondary N) is 2. The van der Waals surface area contributed by atoms with E-state index < -0.39 is 0 Å². The number of benzene rings is 1. The van der Waals surface area contributed by atoms with Crippen LogP contribution < -0.4 is 10.6 Å². The topological polar surface area (TPSA) is 81.7 Å². The molecule has 1 aromatic rings. The van der Waals surface area contributed by atoms with E-state index in [0.717, 1.165) is 18.4 Å². The van der Waals surface area contributed by atoms with Gasteiger partial charge in [-0.25, -0.2) is 4.79 Å². The number of nitrogens with zero attached hydrogens (tertiary/aromatic N) is 1. The Balaban J connectivity index is 1.81. The summed E-state index contributed by atoms with van der Waals surface area (Å²) >= 11 is 0. The number of carbonyl (C=O) groups is 2. The molecule has 3 rings (SSSR count). The van der Waals surface area contributed by atoms with Crippen LogP contribution >= 0.6 is 0 Å². The van der Waals surface area contributed by atoms with Crippen molar-refractivity contribution < 1.29 is 14.7 Å². The van der Waals surface area contributed by atoms with Gasteiger partial charge in [0.25, 0.3) is 0 Å². The number of hydrogen-bond acceptors (Lipinski definition) is 3.